The van der Waals surface area contributed by atoms with Crippen LogP contribution in [0.4, 0.5) is 11.4 Å². The molecular formula is C22H27N3O4. The number of anilines is 2. The minimum Gasteiger partial charge on any atom is -0.493 e. The van der Waals surface area contributed by atoms with Crippen molar-refractivity contribution in [3.8, 4) is 11.5 Å². The predicted molar refractivity (Wildman–Crippen MR) is 112 cm³/mol. The van der Waals surface area contributed by atoms with Gasteiger partial charge in [0.05, 0.1) is 31.9 Å². The fraction of sp³-hybridized carbons (Fsp3) is 0.364. The van der Waals surface area contributed by atoms with Crippen molar-refractivity contribution in [2.75, 3.05) is 38.4 Å². The van der Waals surface area contributed by atoms with E-state index in [1.165, 1.54) is 14.2 Å². The number of carbonyl (C=O) groups is 2. The largest absolute Gasteiger partial charge is 0.493 e. The first-order chi connectivity index (χ1) is 14.0. The van der Waals surface area contributed by atoms with Gasteiger partial charge in [0.25, 0.3) is 5.91 Å². The molecule has 1 heterocycles. The van der Waals surface area contributed by atoms with E-state index in [0.717, 1.165) is 24.8 Å². The van der Waals surface area contributed by atoms with Gasteiger partial charge < -0.3 is 25.4 Å². The van der Waals surface area contributed by atoms with Gasteiger partial charge in [-0.2, -0.15) is 0 Å². The molecule has 0 unspecified atom stereocenters. The Morgan fingerprint density at radius 1 is 1.00 bits per heavy atom. The molecule has 1 fully saturated rings. The number of carbonyl (C=O) groups excluding carboxylic acids is 2. The number of nitrogens with zero attached hydrogens (tertiary/aromatic N) is 1. The van der Waals surface area contributed by atoms with E-state index in [9.17, 15) is 9.59 Å². The number of methoxy groups -OCH3 is 2. The Kier molecular flexibility index (Phi) is 6.59. The quantitative estimate of drug-likeness (QED) is 0.731. The van der Waals surface area contributed by atoms with Crippen molar-refractivity contribution < 1.29 is 19.1 Å². The number of rotatable bonds is 6. The number of nitrogens with two attached hydrogens (primary N) is 1. The molecule has 1 aliphatic rings. The third-order valence-electron chi connectivity index (χ3n) is 5.02. The number of nitrogen functional groups attached to an aromatic ring is 1. The fourth-order valence-electron chi connectivity index (χ4n) is 3.44. The van der Waals surface area contributed by atoms with E-state index < -0.39 is 0 Å². The first-order valence-corrected chi connectivity index (χ1v) is 9.71. The molecule has 0 spiro atoms. The van der Waals surface area contributed by atoms with Crippen LogP contribution in [0.15, 0.2) is 36.4 Å². The van der Waals surface area contributed by atoms with Gasteiger partial charge in [-0.25, -0.2) is 0 Å². The van der Waals surface area contributed by atoms with E-state index in [4.69, 9.17) is 15.2 Å². The minimum absolute atomic E-state index is 0.117. The first-order valence-electron chi connectivity index (χ1n) is 9.71. The van der Waals surface area contributed by atoms with Crippen molar-refractivity contribution in [2.45, 2.75) is 25.7 Å². The normalized spacial score (nSPS) is 13.7. The van der Waals surface area contributed by atoms with Crippen molar-refractivity contribution in [1.29, 1.82) is 0 Å². The maximum atomic E-state index is 13.1. The third-order valence-corrected chi connectivity index (χ3v) is 5.02. The molecular weight excluding hydrogens is 370 g/mol. The van der Waals surface area contributed by atoms with E-state index in [-0.39, 0.29) is 18.2 Å². The summed E-state index contributed by atoms with van der Waals surface area (Å²) in [5.41, 5.74) is 7.99. The van der Waals surface area contributed by atoms with E-state index in [1.54, 1.807) is 24.3 Å². The van der Waals surface area contributed by atoms with Crippen LogP contribution in [0.2, 0.25) is 0 Å². The Bertz CT molecular complexity index is 874. The van der Waals surface area contributed by atoms with Gasteiger partial charge in [0.1, 0.15) is 0 Å². The smallest absolute Gasteiger partial charge is 0.256 e. The summed E-state index contributed by atoms with van der Waals surface area (Å²) in [6.07, 6.45) is 3.27. The summed E-state index contributed by atoms with van der Waals surface area (Å²) in [6.45, 7) is 1.43. The van der Waals surface area contributed by atoms with Crippen LogP contribution < -0.4 is 20.5 Å². The van der Waals surface area contributed by atoms with Gasteiger partial charge in [0, 0.05) is 24.8 Å². The summed E-state index contributed by atoms with van der Waals surface area (Å²) in [5.74, 6) is 0.554. The zero-order chi connectivity index (χ0) is 20.8. The van der Waals surface area contributed by atoms with Gasteiger partial charge in [-0.1, -0.05) is 12.1 Å². The molecule has 154 valence electrons. The van der Waals surface area contributed by atoms with Crippen molar-refractivity contribution in [3.05, 3.63) is 47.5 Å². The average Bonchev–Trinajstić information content (AvgIpc) is 2.75. The van der Waals surface area contributed by atoms with Crippen LogP contribution in [0.5, 0.6) is 11.5 Å². The molecule has 0 bridgehead atoms. The molecule has 2 aromatic rings. The number of benzene rings is 2. The van der Waals surface area contributed by atoms with Crippen molar-refractivity contribution in [2.24, 2.45) is 0 Å². The molecule has 1 aliphatic heterocycles. The lowest BCUT2D eigenvalue weighted by atomic mass is 10.1. The maximum Gasteiger partial charge on any atom is 0.256 e. The lowest BCUT2D eigenvalue weighted by Gasteiger charge is -2.28. The summed E-state index contributed by atoms with van der Waals surface area (Å²) in [4.78, 5) is 27.6. The molecule has 3 N–H and O–H groups in total. The highest BCUT2D eigenvalue weighted by molar-refractivity contribution is 6.05. The number of hydrogen-bond donors (Lipinski definition) is 2. The molecule has 7 nitrogen and oxygen atoms in total. The highest BCUT2D eigenvalue weighted by atomic mass is 16.5. The zero-order valence-electron chi connectivity index (χ0n) is 16.9. The van der Waals surface area contributed by atoms with E-state index in [1.807, 2.05) is 17.0 Å². The number of piperidine rings is 1. The van der Waals surface area contributed by atoms with Crippen molar-refractivity contribution in [1.82, 2.24) is 4.90 Å². The second-order valence-electron chi connectivity index (χ2n) is 7.07. The first kappa shape index (κ1) is 20.5. The SMILES string of the molecule is COc1cc(NC(=O)Cc2ccc(N)cc2)c(C(=O)N2CCCCC2)cc1OC. The number of hydrogen-bond acceptors (Lipinski definition) is 5. The topological polar surface area (TPSA) is 93.9 Å². The molecule has 3 rings (SSSR count). The third kappa shape index (κ3) is 4.99. The van der Waals surface area contributed by atoms with Crippen LogP contribution in [-0.4, -0.2) is 44.0 Å². The number of amides is 2. The molecule has 0 saturated carbocycles. The van der Waals surface area contributed by atoms with Crippen LogP contribution in [-0.2, 0) is 11.2 Å². The number of likely N-dealkylation sites (tertiary alicyclic amines) is 1. The summed E-state index contributed by atoms with van der Waals surface area (Å²) in [7, 11) is 3.04. The van der Waals surface area contributed by atoms with Gasteiger partial charge in [-0.3, -0.25) is 9.59 Å². The lowest BCUT2D eigenvalue weighted by molar-refractivity contribution is -0.115. The average molecular weight is 397 g/mol. The highest BCUT2D eigenvalue weighted by Gasteiger charge is 2.24. The molecule has 0 aromatic heterocycles. The molecule has 7 heteroatoms. The molecule has 29 heavy (non-hydrogen) atoms. The van der Waals surface area contributed by atoms with Crippen molar-refractivity contribution in [3.63, 3.8) is 0 Å². The fourth-order valence-corrected chi connectivity index (χ4v) is 3.44. The monoisotopic (exact) mass is 397 g/mol. The lowest BCUT2D eigenvalue weighted by Crippen LogP contribution is -2.36. The summed E-state index contributed by atoms with van der Waals surface area (Å²) in [6, 6.07) is 10.4. The zero-order valence-corrected chi connectivity index (χ0v) is 16.9. The molecule has 2 aromatic carbocycles. The van der Waals surface area contributed by atoms with E-state index in [2.05, 4.69) is 5.32 Å². The number of ether oxygens (including phenoxy) is 2. The maximum absolute atomic E-state index is 13.1. The Morgan fingerprint density at radius 2 is 1.62 bits per heavy atom. The standard InChI is InChI=1S/C22H27N3O4/c1-28-19-13-17(22(27)25-10-4-3-5-11-25)18(14-20(19)29-2)24-21(26)12-15-6-8-16(23)9-7-15/h6-9,13-14H,3-5,10-12,23H2,1-2H3,(H,24,26). The van der Waals surface area contributed by atoms with E-state index >= 15 is 0 Å². The molecule has 1 saturated heterocycles. The van der Waals surface area contributed by atoms with E-state index in [0.29, 0.717) is 41.5 Å². The second-order valence-corrected chi connectivity index (χ2v) is 7.07. The Labute approximate surface area is 170 Å². The summed E-state index contributed by atoms with van der Waals surface area (Å²) in [5, 5.41) is 2.87. The molecule has 0 radical (unpaired) electrons. The van der Waals surface area contributed by atoms with Crippen molar-refractivity contribution >= 4 is 23.2 Å². The van der Waals surface area contributed by atoms with Crippen LogP contribution in [0, 0.1) is 0 Å². The van der Waals surface area contributed by atoms with Crippen LogP contribution in [0.25, 0.3) is 0 Å². The van der Waals surface area contributed by atoms with Crippen LogP contribution in [0.1, 0.15) is 35.2 Å². The highest BCUT2D eigenvalue weighted by Crippen LogP contribution is 2.34. The molecule has 0 aliphatic carbocycles. The molecule has 2 amide bonds. The van der Waals surface area contributed by atoms with Gasteiger partial charge >= 0.3 is 0 Å². The number of nitrogens with one attached hydrogen (secondary N) is 1. The Morgan fingerprint density at radius 3 is 2.24 bits per heavy atom. The summed E-state index contributed by atoms with van der Waals surface area (Å²) >= 11 is 0. The van der Waals surface area contributed by atoms with Crippen LogP contribution in [0.3, 0.4) is 0 Å². The Balaban J connectivity index is 1.87. The second kappa shape index (κ2) is 9.32. The Hall–Kier alpha value is -3.22. The van der Waals surface area contributed by atoms with Gasteiger partial charge in [-0.05, 0) is 43.0 Å². The predicted octanol–water partition coefficient (Wildman–Crippen LogP) is 3.09. The summed E-state index contributed by atoms with van der Waals surface area (Å²) < 4.78 is 10.7. The minimum atomic E-state index is -0.227. The molecule has 0 atom stereocenters. The van der Waals surface area contributed by atoms with Gasteiger partial charge in [-0.15, -0.1) is 0 Å². The van der Waals surface area contributed by atoms with Gasteiger partial charge in [0.15, 0.2) is 11.5 Å². The van der Waals surface area contributed by atoms with Crippen LogP contribution >= 0.6 is 0 Å². The van der Waals surface area contributed by atoms with Gasteiger partial charge in [0.2, 0.25) is 5.91 Å².